The number of carbonyl (C=O) groups is 2. The maximum Gasteiger partial charge on any atom is 0.307 e. The zero-order chi connectivity index (χ0) is 15.7. The van der Waals surface area contributed by atoms with Crippen LogP contribution in [0.2, 0.25) is 0 Å². The second kappa shape index (κ2) is 5.75. The molecular weight excluding hydrogens is 278 g/mol. The van der Waals surface area contributed by atoms with Crippen molar-refractivity contribution in [2.75, 3.05) is 13.1 Å². The lowest BCUT2D eigenvalue weighted by Crippen LogP contribution is -2.50. The van der Waals surface area contributed by atoms with Crippen LogP contribution in [0.3, 0.4) is 0 Å². The molecule has 3 rings (SSSR count). The molecule has 1 saturated carbocycles. The number of hydrogen-bond donors (Lipinski definition) is 1. The predicted octanol–water partition coefficient (Wildman–Crippen LogP) is 2.68. The van der Waals surface area contributed by atoms with E-state index in [-0.39, 0.29) is 17.2 Å². The van der Waals surface area contributed by atoms with Crippen LogP contribution < -0.4 is 0 Å². The summed E-state index contributed by atoms with van der Waals surface area (Å²) in [6, 6.07) is 10.5. The monoisotopic (exact) mass is 301 g/mol. The van der Waals surface area contributed by atoms with Crippen molar-refractivity contribution in [3.8, 4) is 0 Å². The zero-order valence-corrected chi connectivity index (χ0v) is 13.0. The number of likely N-dealkylation sites (tertiary alicyclic amines) is 1. The van der Waals surface area contributed by atoms with Gasteiger partial charge in [0.2, 0.25) is 5.91 Å². The Morgan fingerprint density at radius 3 is 2.18 bits per heavy atom. The summed E-state index contributed by atoms with van der Waals surface area (Å²) in [5.41, 5.74) is 1.44. The number of hydrogen-bond acceptors (Lipinski definition) is 2. The molecule has 1 amide bonds. The maximum atomic E-state index is 12.5. The highest BCUT2D eigenvalue weighted by molar-refractivity contribution is 5.86. The van der Waals surface area contributed by atoms with Crippen LogP contribution in [0.25, 0.3) is 0 Å². The first-order chi connectivity index (χ1) is 10.5. The molecule has 1 aromatic carbocycles. The summed E-state index contributed by atoms with van der Waals surface area (Å²) in [5, 5.41) is 9.11. The van der Waals surface area contributed by atoms with E-state index < -0.39 is 11.9 Å². The van der Waals surface area contributed by atoms with Gasteiger partial charge in [-0.2, -0.15) is 0 Å². The molecule has 1 aromatic rings. The second-order valence-electron chi connectivity index (χ2n) is 6.88. The third-order valence-corrected chi connectivity index (χ3v) is 5.56. The van der Waals surface area contributed by atoms with Gasteiger partial charge in [-0.15, -0.1) is 0 Å². The Hall–Kier alpha value is -1.84. The molecule has 2 unspecified atom stereocenters. The van der Waals surface area contributed by atoms with E-state index in [0.717, 1.165) is 32.4 Å². The fraction of sp³-hybridized carbons (Fsp3) is 0.556. The van der Waals surface area contributed by atoms with E-state index in [1.807, 2.05) is 11.0 Å². The van der Waals surface area contributed by atoms with Gasteiger partial charge in [-0.05, 0) is 36.7 Å². The van der Waals surface area contributed by atoms with Gasteiger partial charge in [0, 0.05) is 13.1 Å². The van der Waals surface area contributed by atoms with Crippen molar-refractivity contribution in [2.45, 2.75) is 38.0 Å². The van der Waals surface area contributed by atoms with Gasteiger partial charge in [-0.1, -0.05) is 37.3 Å². The first-order valence-electron chi connectivity index (χ1n) is 8.08. The van der Waals surface area contributed by atoms with Crippen LogP contribution in [0, 0.1) is 11.8 Å². The lowest BCUT2D eigenvalue weighted by atomic mass is 9.71. The maximum absolute atomic E-state index is 12.5. The Morgan fingerprint density at radius 1 is 1.09 bits per heavy atom. The summed E-state index contributed by atoms with van der Waals surface area (Å²) in [7, 11) is 0. The number of rotatable bonds is 3. The quantitative estimate of drug-likeness (QED) is 0.934. The number of carbonyl (C=O) groups excluding carboxylic acids is 1. The molecule has 0 aromatic heterocycles. The number of benzene rings is 1. The van der Waals surface area contributed by atoms with Crippen LogP contribution in [0.5, 0.6) is 0 Å². The van der Waals surface area contributed by atoms with E-state index in [9.17, 15) is 9.59 Å². The van der Waals surface area contributed by atoms with Crippen LogP contribution in [0.1, 0.15) is 38.2 Å². The molecule has 118 valence electrons. The van der Waals surface area contributed by atoms with E-state index in [4.69, 9.17) is 5.11 Å². The summed E-state index contributed by atoms with van der Waals surface area (Å²) in [4.78, 5) is 25.5. The first-order valence-corrected chi connectivity index (χ1v) is 8.08. The molecule has 2 fully saturated rings. The lowest BCUT2D eigenvalue weighted by Gasteiger charge is -2.43. The minimum atomic E-state index is -0.823. The average molecular weight is 301 g/mol. The molecule has 4 nitrogen and oxygen atoms in total. The predicted molar refractivity (Wildman–Crippen MR) is 83.5 cm³/mol. The highest BCUT2D eigenvalue weighted by Crippen LogP contribution is 2.39. The summed E-state index contributed by atoms with van der Waals surface area (Å²) in [6.45, 7) is 3.72. The summed E-state index contributed by atoms with van der Waals surface area (Å²) in [6.07, 6.45) is 3.24. The first kappa shape index (κ1) is 15.1. The molecule has 4 heteroatoms. The molecule has 0 bridgehead atoms. The van der Waals surface area contributed by atoms with Crippen molar-refractivity contribution in [2.24, 2.45) is 11.8 Å². The summed E-state index contributed by atoms with van der Waals surface area (Å²) in [5.74, 6) is -1.53. The van der Waals surface area contributed by atoms with E-state index in [1.165, 1.54) is 5.56 Å². The van der Waals surface area contributed by atoms with Crippen LogP contribution in [-0.4, -0.2) is 35.0 Å². The fourth-order valence-corrected chi connectivity index (χ4v) is 3.68. The van der Waals surface area contributed by atoms with Crippen LogP contribution in [0.15, 0.2) is 30.3 Å². The van der Waals surface area contributed by atoms with Gasteiger partial charge >= 0.3 is 5.97 Å². The van der Waals surface area contributed by atoms with Crippen LogP contribution >= 0.6 is 0 Å². The minimum Gasteiger partial charge on any atom is -0.481 e. The highest BCUT2D eigenvalue weighted by atomic mass is 16.4. The molecule has 1 saturated heterocycles. The third-order valence-electron chi connectivity index (χ3n) is 5.56. The number of carboxylic acids is 1. The number of nitrogens with zero attached hydrogens (tertiary/aromatic N) is 1. The molecule has 1 heterocycles. The van der Waals surface area contributed by atoms with E-state index in [1.54, 1.807) is 0 Å². The molecule has 1 N–H and O–H groups in total. The molecular formula is C18H23NO3. The van der Waals surface area contributed by atoms with Gasteiger partial charge in [0.1, 0.15) is 0 Å². The Labute approximate surface area is 131 Å². The van der Waals surface area contributed by atoms with Crippen molar-refractivity contribution in [1.82, 2.24) is 4.90 Å². The average Bonchev–Trinajstić information content (AvgIpc) is 2.47. The van der Waals surface area contributed by atoms with E-state index in [0.29, 0.717) is 6.42 Å². The third kappa shape index (κ3) is 2.62. The standard InChI is InChI=1S/C18H23NO3/c1-18(13-5-3-2-4-6-13)9-11-19(12-10-18)16(20)14-7-8-15(14)17(21)22/h2-6,14-15H,7-12H2,1H3,(H,21,22). The van der Waals surface area contributed by atoms with Gasteiger partial charge in [0.25, 0.3) is 0 Å². The van der Waals surface area contributed by atoms with Crippen molar-refractivity contribution < 1.29 is 14.7 Å². The molecule has 1 aliphatic heterocycles. The summed E-state index contributed by atoms with van der Waals surface area (Å²) < 4.78 is 0. The number of aliphatic carboxylic acids is 1. The number of amides is 1. The molecule has 2 aliphatic rings. The summed E-state index contributed by atoms with van der Waals surface area (Å²) >= 11 is 0. The van der Waals surface area contributed by atoms with Gasteiger partial charge in [0.15, 0.2) is 0 Å². The molecule has 0 spiro atoms. The Morgan fingerprint density at radius 2 is 1.68 bits per heavy atom. The smallest absolute Gasteiger partial charge is 0.307 e. The molecule has 0 radical (unpaired) electrons. The van der Waals surface area contributed by atoms with Crippen molar-refractivity contribution >= 4 is 11.9 Å². The molecule has 22 heavy (non-hydrogen) atoms. The second-order valence-corrected chi connectivity index (χ2v) is 6.88. The Bertz CT molecular complexity index is 561. The normalized spacial score (nSPS) is 27.0. The number of piperidine rings is 1. The molecule has 1 aliphatic carbocycles. The topological polar surface area (TPSA) is 57.6 Å². The van der Waals surface area contributed by atoms with Gasteiger partial charge in [-0.3, -0.25) is 9.59 Å². The Balaban J connectivity index is 1.62. The van der Waals surface area contributed by atoms with Crippen molar-refractivity contribution in [3.05, 3.63) is 35.9 Å². The molecule has 2 atom stereocenters. The van der Waals surface area contributed by atoms with Gasteiger partial charge in [0.05, 0.1) is 11.8 Å². The fourth-order valence-electron chi connectivity index (χ4n) is 3.68. The SMILES string of the molecule is CC1(c2ccccc2)CCN(C(=O)C2CCC2C(=O)O)CC1. The lowest BCUT2D eigenvalue weighted by molar-refractivity contribution is -0.157. The Kier molecular flexibility index (Phi) is 3.94. The zero-order valence-electron chi connectivity index (χ0n) is 13.0. The highest BCUT2D eigenvalue weighted by Gasteiger charge is 2.44. The van der Waals surface area contributed by atoms with Crippen molar-refractivity contribution in [1.29, 1.82) is 0 Å². The van der Waals surface area contributed by atoms with Crippen molar-refractivity contribution in [3.63, 3.8) is 0 Å². The largest absolute Gasteiger partial charge is 0.481 e. The van der Waals surface area contributed by atoms with Gasteiger partial charge in [-0.25, -0.2) is 0 Å². The minimum absolute atomic E-state index is 0.0498. The van der Waals surface area contributed by atoms with E-state index in [2.05, 4.69) is 31.2 Å². The van der Waals surface area contributed by atoms with E-state index >= 15 is 0 Å². The van der Waals surface area contributed by atoms with Crippen LogP contribution in [0.4, 0.5) is 0 Å². The van der Waals surface area contributed by atoms with Gasteiger partial charge < -0.3 is 10.0 Å². The number of carboxylic acid groups (broad SMARTS) is 1. The van der Waals surface area contributed by atoms with Crippen LogP contribution in [-0.2, 0) is 15.0 Å².